The van der Waals surface area contributed by atoms with E-state index in [1.165, 1.54) is 12.1 Å². The fraction of sp³-hybridized carbons (Fsp3) is 0.650. The monoisotopic (exact) mass is 379 g/mol. The van der Waals surface area contributed by atoms with Crippen molar-refractivity contribution in [2.45, 2.75) is 12.8 Å². The molecule has 0 bridgehead atoms. The van der Waals surface area contributed by atoms with Crippen LogP contribution in [-0.4, -0.2) is 90.3 Å². The average Bonchev–Trinajstić information content (AvgIpc) is 2.94. The molecule has 7 heteroatoms. The highest BCUT2D eigenvalue weighted by molar-refractivity contribution is 5.79. The number of hydrogen-bond acceptors (Lipinski definition) is 5. The van der Waals surface area contributed by atoms with E-state index >= 15 is 0 Å². The number of hydrogen-bond donors (Lipinski definition) is 2. The van der Waals surface area contributed by atoms with Crippen LogP contribution in [0.3, 0.4) is 0 Å². The Balaban J connectivity index is 1.57. The molecular formula is C20H30FN3O3. The van der Waals surface area contributed by atoms with E-state index in [-0.39, 0.29) is 30.8 Å². The third-order valence-corrected chi connectivity index (χ3v) is 5.84. The standard InChI is InChI=1S/C20H30FN3O3/c1-22-5-2-6-23(8-7-22)11-16-12-24(13-17(16)14-25)20(27)10-15-3-4-19(26)18(21)9-15/h3-4,9,16-17,25-26H,2,5-8,10-14H2,1H3/t16-,17-/m1/s1. The summed E-state index contributed by atoms with van der Waals surface area (Å²) in [5.41, 5.74) is 0.551. The first-order valence-corrected chi connectivity index (χ1v) is 9.73. The van der Waals surface area contributed by atoms with Crippen molar-refractivity contribution in [2.24, 2.45) is 11.8 Å². The van der Waals surface area contributed by atoms with E-state index in [4.69, 9.17) is 0 Å². The zero-order valence-corrected chi connectivity index (χ0v) is 16.0. The van der Waals surface area contributed by atoms with Crippen LogP contribution < -0.4 is 0 Å². The molecule has 6 nitrogen and oxygen atoms in total. The van der Waals surface area contributed by atoms with Gasteiger partial charge in [-0.05, 0) is 50.2 Å². The molecule has 0 aliphatic carbocycles. The predicted molar refractivity (Wildman–Crippen MR) is 101 cm³/mol. The summed E-state index contributed by atoms with van der Waals surface area (Å²) in [7, 11) is 2.14. The molecule has 2 atom stereocenters. The van der Waals surface area contributed by atoms with Gasteiger partial charge in [-0.1, -0.05) is 6.07 Å². The zero-order chi connectivity index (χ0) is 19.4. The second-order valence-electron chi connectivity index (χ2n) is 7.92. The number of rotatable bonds is 5. The summed E-state index contributed by atoms with van der Waals surface area (Å²) >= 11 is 0. The highest BCUT2D eigenvalue weighted by atomic mass is 19.1. The number of likely N-dealkylation sites (N-methyl/N-ethyl adjacent to an activating group) is 1. The summed E-state index contributed by atoms with van der Waals surface area (Å²) in [5.74, 6) is -0.822. The molecule has 2 fully saturated rings. The van der Waals surface area contributed by atoms with E-state index in [2.05, 4.69) is 16.8 Å². The van der Waals surface area contributed by atoms with E-state index in [1.54, 1.807) is 11.0 Å². The Labute approximate surface area is 160 Å². The lowest BCUT2D eigenvalue weighted by molar-refractivity contribution is -0.129. The highest BCUT2D eigenvalue weighted by Gasteiger charge is 2.35. The number of nitrogens with zero attached hydrogens (tertiary/aromatic N) is 3. The molecule has 0 unspecified atom stereocenters. The predicted octanol–water partition coefficient (Wildman–Crippen LogP) is 0.778. The Hall–Kier alpha value is -1.70. The van der Waals surface area contributed by atoms with Gasteiger partial charge in [0.1, 0.15) is 0 Å². The second kappa shape index (κ2) is 8.99. The Kier molecular flexibility index (Phi) is 6.68. The third-order valence-electron chi connectivity index (χ3n) is 5.84. The number of aliphatic hydroxyl groups excluding tert-OH is 1. The van der Waals surface area contributed by atoms with Crippen molar-refractivity contribution in [1.29, 1.82) is 0 Å². The number of aromatic hydroxyl groups is 1. The van der Waals surface area contributed by atoms with Crippen LogP contribution in [0, 0.1) is 17.7 Å². The SMILES string of the molecule is CN1CCCN(C[C@@H]2CN(C(=O)Cc3ccc(O)c(F)c3)C[C@@H]2CO)CC1. The summed E-state index contributed by atoms with van der Waals surface area (Å²) in [4.78, 5) is 19.2. The average molecular weight is 379 g/mol. The van der Waals surface area contributed by atoms with Gasteiger partial charge in [-0.15, -0.1) is 0 Å². The molecule has 1 amide bonds. The Morgan fingerprint density at radius 2 is 1.96 bits per heavy atom. The van der Waals surface area contributed by atoms with Crippen LogP contribution in [0.25, 0.3) is 0 Å². The van der Waals surface area contributed by atoms with Gasteiger partial charge in [-0.25, -0.2) is 4.39 Å². The lowest BCUT2D eigenvalue weighted by Gasteiger charge is -2.26. The number of carbonyl (C=O) groups is 1. The second-order valence-corrected chi connectivity index (χ2v) is 7.92. The fourth-order valence-electron chi connectivity index (χ4n) is 4.12. The van der Waals surface area contributed by atoms with Crippen LogP contribution >= 0.6 is 0 Å². The van der Waals surface area contributed by atoms with Crippen molar-refractivity contribution in [3.63, 3.8) is 0 Å². The minimum Gasteiger partial charge on any atom is -0.505 e. The van der Waals surface area contributed by atoms with Gasteiger partial charge in [0.25, 0.3) is 0 Å². The first-order chi connectivity index (χ1) is 13.0. The molecule has 0 radical (unpaired) electrons. The molecule has 2 aliphatic heterocycles. The Morgan fingerprint density at radius 1 is 1.19 bits per heavy atom. The van der Waals surface area contributed by atoms with Gasteiger partial charge in [0, 0.05) is 45.2 Å². The van der Waals surface area contributed by atoms with Crippen LogP contribution in [0.15, 0.2) is 18.2 Å². The van der Waals surface area contributed by atoms with Crippen LogP contribution in [0.5, 0.6) is 5.75 Å². The number of carbonyl (C=O) groups excluding carboxylic acids is 1. The number of aliphatic hydroxyl groups is 1. The lowest BCUT2D eigenvalue weighted by atomic mass is 9.96. The number of amides is 1. The Bertz CT molecular complexity index is 657. The van der Waals surface area contributed by atoms with Crippen molar-refractivity contribution < 1.29 is 19.4 Å². The lowest BCUT2D eigenvalue weighted by Crippen LogP contribution is -2.36. The van der Waals surface area contributed by atoms with Crippen LogP contribution in [0.2, 0.25) is 0 Å². The fourth-order valence-corrected chi connectivity index (χ4v) is 4.12. The van der Waals surface area contributed by atoms with Gasteiger partial charge in [0.05, 0.1) is 6.42 Å². The highest BCUT2D eigenvalue weighted by Crippen LogP contribution is 2.26. The van der Waals surface area contributed by atoms with Gasteiger partial charge >= 0.3 is 0 Å². The molecule has 2 N–H and O–H groups in total. The largest absolute Gasteiger partial charge is 0.505 e. The summed E-state index contributed by atoms with van der Waals surface area (Å²) in [6, 6.07) is 4.05. The zero-order valence-electron chi connectivity index (χ0n) is 16.0. The van der Waals surface area contributed by atoms with Crippen LogP contribution in [-0.2, 0) is 11.2 Å². The summed E-state index contributed by atoms with van der Waals surface area (Å²) in [6.45, 7) is 6.40. The number of benzene rings is 1. The normalized spacial score (nSPS) is 24.9. The van der Waals surface area contributed by atoms with Crippen LogP contribution in [0.4, 0.5) is 4.39 Å². The van der Waals surface area contributed by atoms with E-state index in [0.717, 1.165) is 39.1 Å². The third kappa shape index (κ3) is 5.18. The smallest absolute Gasteiger partial charge is 0.227 e. The van der Waals surface area contributed by atoms with Crippen molar-refractivity contribution in [3.05, 3.63) is 29.6 Å². The van der Waals surface area contributed by atoms with E-state index in [1.807, 2.05) is 0 Å². The first-order valence-electron chi connectivity index (χ1n) is 9.73. The summed E-state index contributed by atoms with van der Waals surface area (Å²) in [6.07, 6.45) is 1.25. The molecule has 0 saturated carbocycles. The molecule has 0 spiro atoms. The molecular weight excluding hydrogens is 349 g/mol. The maximum atomic E-state index is 13.5. The molecule has 3 rings (SSSR count). The number of phenols is 1. The van der Waals surface area contributed by atoms with Crippen LogP contribution in [0.1, 0.15) is 12.0 Å². The van der Waals surface area contributed by atoms with Crippen molar-refractivity contribution in [3.8, 4) is 5.75 Å². The molecule has 150 valence electrons. The van der Waals surface area contributed by atoms with Gasteiger partial charge < -0.3 is 24.9 Å². The van der Waals surface area contributed by atoms with Gasteiger partial charge in [-0.3, -0.25) is 4.79 Å². The molecule has 27 heavy (non-hydrogen) atoms. The molecule has 2 aliphatic rings. The molecule has 2 saturated heterocycles. The molecule has 1 aromatic carbocycles. The van der Waals surface area contributed by atoms with E-state index < -0.39 is 11.6 Å². The maximum absolute atomic E-state index is 13.5. The number of likely N-dealkylation sites (tertiary alicyclic amines) is 1. The summed E-state index contributed by atoms with van der Waals surface area (Å²) < 4.78 is 13.5. The van der Waals surface area contributed by atoms with Gasteiger partial charge in [-0.2, -0.15) is 0 Å². The molecule has 0 aromatic heterocycles. The van der Waals surface area contributed by atoms with Crippen molar-refractivity contribution in [2.75, 3.05) is 59.5 Å². The van der Waals surface area contributed by atoms with Crippen molar-refractivity contribution in [1.82, 2.24) is 14.7 Å². The topological polar surface area (TPSA) is 67.2 Å². The maximum Gasteiger partial charge on any atom is 0.227 e. The van der Waals surface area contributed by atoms with Gasteiger partial charge in [0.2, 0.25) is 5.91 Å². The van der Waals surface area contributed by atoms with E-state index in [0.29, 0.717) is 18.7 Å². The number of phenolic OH excluding ortho intramolecular Hbond substituents is 1. The number of halogens is 1. The van der Waals surface area contributed by atoms with E-state index in [9.17, 15) is 19.4 Å². The molecule has 1 aromatic rings. The minimum atomic E-state index is -0.709. The molecule has 2 heterocycles. The Morgan fingerprint density at radius 3 is 2.70 bits per heavy atom. The first kappa shape index (κ1) is 20.0. The quantitative estimate of drug-likeness (QED) is 0.791. The van der Waals surface area contributed by atoms with Crippen molar-refractivity contribution >= 4 is 5.91 Å². The minimum absolute atomic E-state index is 0.0587. The van der Waals surface area contributed by atoms with Gasteiger partial charge in [0.15, 0.2) is 11.6 Å². The summed E-state index contributed by atoms with van der Waals surface area (Å²) in [5, 5.41) is 19.1.